The zero-order chi connectivity index (χ0) is 20.6. The summed E-state index contributed by atoms with van der Waals surface area (Å²) in [5, 5.41) is 13.7. The molecule has 1 atom stereocenters. The Labute approximate surface area is 175 Å². The van der Waals surface area contributed by atoms with Crippen LogP contribution in [-0.2, 0) is 4.79 Å². The molecule has 1 aliphatic heterocycles. The predicted octanol–water partition coefficient (Wildman–Crippen LogP) is 4.35. The zero-order valence-corrected chi connectivity index (χ0v) is 18.0. The number of nitrogens with zero attached hydrogens (tertiary/aromatic N) is 5. The fourth-order valence-electron chi connectivity index (χ4n) is 4.12. The number of amides is 1. The van der Waals surface area contributed by atoms with E-state index in [1.165, 1.54) is 4.88 Å². The topological polar surface area (TPSA) is 94.8 Å². The zero-order valence-electron chi connectivity index (χ0n) is 17.2. The molecule has 2 aromatic rings. The summed E-state index contributed by atoms with van der Waals surface area (Å²) < 4.78 is 0. The summed E-state index contributed by atoms with van der Waals surface area (Å²) in [6.07, 6.45) is 5.17. The van der Waals surface area contributed by atoms with Gasteiger partial charge >= 0.3 is 0 Å². The van der Waals surface area contributed by atoms with Gasteiger partial charge in [-0.3, -0.25) is 4.79 Å². The van der Waals surface area contributed by atoms with Crippen molar-refractivity contribution >= 4 is 28.2 Å². The average Bonchev–Trinajstić information content (AvgIpc) is 2.97. The summed E-state index contributed by atoms with van der Waals surface area (Å²) in [6, 6.07) is 4.12. The highest BCUT2D eigenvalue weighted by molar-refractivity contribution is 7.15. The van der Waals surface area contributed by atoms with Crippen molar-refractivity contribution in [3.63, 3.8) is 0 Å². The van der Waals surface area contributed by atoms with E-state index in [4.69, 9.17) is 0 Å². The SMILES string of the molecule is Cc1nc(Nc2nc(C)c(C)s2)cc(C2CCCCN2C(=O)C2(C#N)CCC2)n1. The van der Waals surface area contributed by atoms with Gasteiger partial charge in [-0.2, -0.15) is 5.26 Å². The molecule has 1 saturated heterocycles. The number of carbonyl (C=O) groups is 1. The molecule has 1 N–H and O–H groups in total. The molecule has 0 bridgehead atoms. The summed E-state index contributed by atoms with van der Waals surface area (Å²) in [7, 11) is 0. The van der Waals surface area contributed by atoms with Crippen molar-refractivity contribution in [2.45, 2.75) is 65.3 Å². The van der Waals surface area contributed by atoms with Crippen molar-refractivity contribution in [2.75, 3.05) is 11.9 Å². The number of carbonyl (C=O) groups excluding carboxylic acids is 1. The smallest absolute Gasteiger partial charge is 0.243 e. The largest absolute Gasteiger partial charge is 0.333 e. The summed E-state index contributed by atoms with van der Waals surface area (Å²) in [4.78, 5) is 30.0. The van der Waals surface area contributed by atoms with Crippen molar-refractivity contribution in [3.8, 4) is 6.07 Å². The Kier molecular flexibility index (Phi) is 5.26. The Morgan fingerprint density at radius 1 is 1.24 bits per heavy atom. The first-order chi connectivity index (χ1) is 13.9. The third-order valence-corrected chi connectivity index (χ3v) is 7.05. The van der Waals surface area contributed by atoms with Crippen molar-refractivity contribution < 1.29 is 4.79 Å². The molecule has 2 aromatic heterocycles. The number of nitrogens with one attached hydrogen (secondary N) is 1. The van der Waals surface area contributed by atoms with Crippen LogP contribution >= 0.6 is 11.3 Å². The van der Waals surface area contributed by atoms with Gasteiger partial charge in [0.05, 0.1) is 23.5 Å². The molecule has 152 valence electrons. The van der Waals surface area contributed by atoms with Gasteiger partial charge in [-0.25, -0.2) is 15.0 Å². The van der Waals surface area contributed by atoms with Crippen LogP contribution in [-0.4, -0.2) is 32.3 Å². The minimum atomic E-state index is -0.825. The van der Waals surface area contributed by atoms with Crippen molar-refractivity contribution in [1.82, 2.24) is 19.9 Å². The van der Waals surface area contributed by atoms with Gasteiger partial charge in [-0.1, -0.05) is 0 Å². The molecule has 0 spiro atoms. The maximum Gasteiger partial charge on any atom is 0.243 e. The Bertz CT molecular complexity index is 955. The maximum atomic E-state index is 13.3. The number of anilines is 2. The quantitative estimate of drug-likeness (QED) is 0.805. The Morgan fingerprint density at radius 3 is 2.66 bits per heavy atom. The molecule has 3 heterocycles. The number of thiazole rings is 1. The second-order valence-corrected chi connectivity index (χ2v) is 9.27. The summed E-state index contributed by atoms with van der Waals surface area (Å²) in [6.45, 7) is 6.59. The highest BCUT2D eigenvalue weighted by Gasteiger charge is 2.48. The number of hydrogen-bond donors (Lipinski definition) is 1. The second kappa shape index (κ2) is 7.71. The van der Waals surface area contributed by atoms with Crippen LogP contribution in [0.15, 0.2) is 6.07 Å². The number of likely N-dealkylation sites (tertiary alicyclic amines) is 1. The molecule has 0 radical (unpaired) electrons. The lowest BCUT2D eigenvalue weighted by atomic mass is 9.68. The van der Waals surface area contributed by atoms with Crippen molar-refractivity contribution in [1.29, 1.82) is 5.26 Å². The lowest BCUT2D eigenvalue weighted by Gasteiger charge is -2.43. The van der Waals surface area contributed by atoms with Gasteiger partial charge in [0.15, 0.2) is 5.13 Å². The summed E-state index contributed by atoms with van der Waals surface area (Å²) in [5.41, 5.74) is 1.02. The third kappa shape index (κ3) is 3.71. The van der Waals surface area contributed by atoms with E-state index in [-0.39, 0.29) is 11.9 Å². The van der Waals surface area contributed by atoms with E-state index in [0.29, 0.717) is 31.0 Å². The first-order valence-corrected chi connectivity index (χ1v) is 11.0. The van der Waals surface area contributed by atoms with E-state index in [1.807, 2.05) is 31.7 Å². The van der Waals surface area contributed by atoms with Crippen LogP contribution in [0.1, 0.15) is 66.7 Å². The minimum Gasteiger partial charge on any atom is -0.333 e. The van der Waals surface area contributed by atoms with Gasteiger partial charge in [0.1, 0.15) is 17.1 Å². The third-order valence-electron chi connectivity index (χ3n) is 6.06. The Hall–Kier alpha value is -2.53. The molecule has 2 aliphatic rings. The molecule has 1 aliphatic carbocycles. The van der Waals surface area contributed by atoms with Gasteiger partial charge in [0, 0.05) is 17.5 Å². The standard InChI is InChI=1S/C21H26N6OS/c1-13-14(2)29-20(23-13)26-18-11-16(24-15(3)25-18)17-7-4-5-10-27(17)19(28)21(12-22)8-6-9-21/h11,17H,4-10H2,1-3H3,(H,23,24,25,26). The molecule has 1 saturated carbocycles. The molecule has 29 heavy (non-hydrogen) atoms. The van der Waals surface area contributed by atoms with Crippen LogP contribution in [0.25, 0.3) is 0 Å². The molecule has 4 rings (SSSR count). The summed E-state index contributed by atoms with van der Waals surface area (Å²) >= 11 is 1.60. The first kappa shape index (κ1) is 19.8. The molecule has 7 nitrogen and oxygen atoms in total. The van der Waals surface area contributed by atoms with Gasteiger partial charge in [-0.05, 0) is 59.3 Å². The van der Waals surface area contributed by atoms with E-state index in [9.17, 15) is 10.1 Å². The maximum absolute atomic E-state index is 13.3. The highest BCUT2D eigenvalue weighted by atomic mass is 32.1. The fraction of sp³-hybridized carbons (Fsp3) is 0.571. The van der Waals surface area contributed by atoms with E-state index in [1.54, 1.807) is 11.3 Å². The first-order valence-electron chi connectivity index (χ1n) is 10.2. The van der Waals surface area contributed by atoms with E-state index < -0.39 is 5.41 Å². The molecule has 0 aromatic carbocycles. The normalized spacial score (nSPS) is 20.6. The van der Waals surface area contributed by atoms with Gasteiger partial charge in [-0.15, -0.1) is 11.3 Å². The van der Waals surface area contributed by atoms with E-state index in [2.05, 4.69) is 26.3 Å². The fourth-order valence-corrected chi connectivity index (χ4v) is 4.94. The van der Waals surface area contributed by atoms with Gasteiger partial charge in [0.2, 0.25) is 5.91 Å². The molecule has 1 amide bonds. The van der Waals surface area contributed by atoms with Crippen molar-refractivity contribution in [2.24, 2.45) is 5.41 Å². The van der Waals surface area contributed by atoms with Crippen LogP contribution < -0.4 is 5.32 Å². The molecular formula is C21H26N6OS. The molecule has 1 unspecified atom stereocenters. The average molecular weight is 411 g/mol. The van der Waals surface area contributed by atoms with Crippen LogP contribution in [0.5, 0.6) is 0 Å². The highest BCUT2D eigenvalue weighted by Crippen LogP contribution is 2.44. The van der Waals surface area contributed by atoms with Crippen molar-refractivity contribution in [3.05, 3.63) is 28.2 Å². The van der Waals surface area contributed by atoms with Crippen LogP contribution in [0.4, 0.5) is 10.9 Å². The summed E-state index contributed by atoms with van der Waals surface area (Å²) in [5.74, 6) is 1.33. The monoisotopic (exact) mass is 410 g/mol. The number of rotatable bonds is 4. The number of nitriles is 1. The van der Waals surface area contributed by atoms with Crippen LogP contribution in [0, 0.1) is 37.5 Å². The van der Waals surface area contributed by atoms with Gasteiger partial charge < -0.3 is 10.2 Å². The number of piperidine rings is 1. The number of aryl methyl sites for hydroxylation is 3. The molecule has 2 fully saturated rings. The van der Waals surface area contributed by atoms with E-state index in [0.717, 1.165) is 42.2 Å². The van der Waals surface area contributed by atoms with Gasteiger partial charge in [0.25, 0.3) is 0 Å². The Balaban J connectivity index is 1.62. The second-order valence-electron chi connectivity index (χ2n) is 8.07. The number of hydrogen-bond acceptors (Lipinski definition) is 7. The minimum absolute atomic E-state index is 0.0205. The van der Waals surface area contributed by atoms with Crippen LogP contribution in [0.3, 0.4) is 0 Å². The lowest BCUT2D eigenvalue weighted by molar-refractivity contribution is -0.147. The molecule has 8 heteroatoms. The lowest BCUT2D eigenvalue weighted by Crippen LogP contribution is -2.50. The van der Waals surface area contributed by atoms with E-state index >= 15 is 0 Å². The van der Waals surface area contributed by atoms with Crippen LogP contribution in [0.2, 0.25) is 0 Å². The number of aromatic nitrogens is 3. The molecular weight excluding hydrogens is 384 g/mol. The Morgan fingerprint density at radius 2 is 2.03 bits per heavy atom. The predicted molar refractivity (Wildman–Crippen MR) is 112 cm³/mol.